The van der Waals surface area contributed by atoms with Gasteiger partial charge in [0.05, 0.1) is 0 Å². The zero-order valence-electron chi connectivity index (χ0n) is 13.9. The van der Waals surface area contributed by atoms with Gasteiger partial charge < -0.3 is 10.1 Å². The molecule has 0 aliphatic carbocycles. The van der Waals surface area contributed by atoms with E-state index in [1.54, 1.807) is 0 Å². The molecule has 0 unspecified atom stereocenters. The molecule has 0 spiro atoms. The molecule has 0 atom stereocenters. The molecule has 0 aliphatic heterocycles. The molecule has 0 saturated heterocycles. The smallest absolute Gasteiger partial charge is 0.124 e. The molecule has 3 aromatic carbocycles. The summed E-state index contributed by atoms with van der Waals surface area (Å²) < 4.78 is 6.02. The minimum Gasteiger partial charge on any atom is -0.489 e. The number of hydrogen-bond acceptors (Lipinski definition) is 2. The number of hydrogen-bond donors (Lipinski definition) is 1. The van der Waals surface area contributed by atoms with Crippen molar-refractivity contribution in [1.82, 2.24) is 0 Å². The van der Waals surface area contributed by atoms with E-state index in [4.69, 9.17) is 27.9 Å². The highest BCUT2D eigenvalue weighted by Gasteiger charge is 2.06. The minimum absolute atomic E-state index is 0.525. The Morgan fingerprint density at radius 2 is 1.64 bits per heavy atom. The SMILES string of the molecule is Cc1cccc(COc2ccc(Cl)cc2CNc2ccc(Cl)cc2)c1. The third-order valence-electron chi connectivity index (χ3n) is 3.83. The number of anilines is 1. The Morgan fingerprint density at radius 1 is 0.880 bits per heavy atom. The first kappa shape index (κ1) is 17.7. The van der Waals surface area contributed by atoms with Crippen LogP contribution in [0.4, 0.5) is 5.69 Å². The van der Waals surface area contributed by atoms with Crippen LogP contribution in [0.5, 0.6) is 5.75 Å². The molecule has 0 heterocycles. The standard InChI is InChI=1S/C21H19Cl2NO/c1-15-3-2-4-16(11-15)14-25-21-10-7-19(23)12-17(21)13-24-20-8-5-18(22)6-9-20/h2-12,24H,13-14H2,1H3. The fourth-order valence-corrected chi connectivity index (χ4v) is 2.88. The first-order valence-corrected chi connectivity index (χ1v) is 8.82. The molecule has 4 heteroatoms. The normalized spacial score (nSPS) is 10.5. The number of rotatable bonds is 6. The molecule has 25 heavy (non-hydrogen) atoms. The number of ether oxygens (including phenoxy) is 1. The summed E-state index contributed by atoms with van der Waals surface area (Å²) in [5.74, 6) is 0.826. The predicted molar refractivity (Wildman–Crippen MR) is 106 cm³/mol. The average Bonchev–Trinajstić information content (AvgIpc) is 2.60. The summed E-state index contributed by atoms with van der Waals surface area (Å²) >= 11 is 12.1. The lowest BCUT2D eigenvalue weighted by atomic mass is 10.1. The van der Waals surface area contributed by atoms with E-state index < -0.39 is 0 Å². The first-order chi connectivity index (χ1) is 12.1. The Kier molecular flexibility index (Phi) is 5.85. The molecule has 0 fully saturated rings. The van der Waals surface area contributed by atoms with Crippen LogP contribution in [0.1, 0.15) is 16.7 Å². The van der Waals surface area contributed by atoms with Crippen molar-refractivity contribution < 1.29 is 4.74 Å². The molecule has 0 radical (unpaired) electrons. The maximum Gasteiger partial charge on any atom is 0.124 e. The molecule has 0 amide bonds. The van der Waals surface area contributed by atoms with Gasteiger partial charge in [-0.2, -0.15) is 0 Å². The van der Waals surface area contributed by atoms with Crippen LogP contribution in [-0.4, -0.2) is 0 Å². The van der Waals surface area contributed by atoms with Crippen molar-refractivity contribution in [3.05, 3.63) is 93.5 Å². The Morgan fingerprint density at radius 3 is 2.40 bits per heavy atom. The molecule has 0 aliphatic rings. The van der Waals surface area contributed by atoms with E-state index in [1.807, 2.05) is 48.5 Å². The number of nitrogens with one attached hydrogen (secondary N) is 1. The van der Waals surface area contributed by atoms with Crippen LogP contribution in [0.3, 0.4) is 0 Å². The second-order valence-electron chi connectivity index (χ2n) is 5.89. The van der Waals surface area contributed by atoms with Gasteiger partial charge in [0.2, 0.25) is 0 Å². The minimum atomic E-state index is 0.525. The van der Waals surface area contributed by atoms with E-state index in [0.717, 1.165) is 27.6 Å². The summed E-state index contributed by atoms with van der Waals surface area (Å²) in [7, 11) is 0. The van der Waals surface area contributed by atoms with Gasteiger partial charge in [0.15, 0.2) is 0 Å². The highest BCUT2D eigenvalue weighted by Crippen LogP contribution is 2.25. The topological polar surface area (TPSA) is 21.3 Å². The van der Waals surface area contributed by atoms with Gasteiger partial charge in [0, 0.05) is 27.8 Å². The Labute approximate surface area is 158 Å². The van der Waals surface area contributed by atoms with Gasteiger partial charge in [-0.05, 0) is 55.0 Å². The molecule has 3 rings (SSSR count). The fourth-order valence-electron chi connectivity index (χ4n) is 2.56. The molecule has 3 aromatic rings. The summed E-state index contributed by atoms with van der Waals surface area (Å²) in [5, 5.41) is 4.77. The number of halogens is 2. The number of benzene rings is 3. The van der Waals surface area contributed by atoms with Gasteiger partial charge in [-0.3, -0.25) is 0 Å². The lowest BCUT2D eigenvalue weighted by Gasteiger charge is -2.14. The Balaban J connectivity index is 1.70. The van der Waals surface area contributed by atoms with E-state index in [9.17, 15) is 0 Å². The molecular weight excluding hydrogens is 353 g/mol. The lowest BCUT2D eigenvalue weighted by Crippen LogP contribution is -2.04. The molecule has 0 bridgehead atoms. The van der Waals surface area contributed by atoms with Gasteiger partial charge >= 0.3 is 0 Å². The molecule has 2 nitrogen and oxygen atoms in total. The number of aryl methyl sites for hydroxylation is 1. The summed E-state index contributed by atoms with van der Waals surface area (Å²) in [6.45, 7) is 3.22. The first-order valence-electron chi connectivity index (χ1n) is 8.06. The van der Waals surface area contributed by atoms with Crippen LogP contribution in [0.2, 0.25) is 10.0 Å². The molecule has 0 saturated carbocycles. The van der Waals surface area contributed by atoms with E-state index in [2.05, 4.69) is 30.4 Å². The van der Waals surface area contributed by atoms with Gasteiger partial charge in [-0.15, -0.1) is 0 Å². The van der Waals surface area contributed by atoms with Crippen LogP contribution < -0.4 is 10.1 Å². The van der Waals surface area contributed by atoms with Crippen LogP contribution in [-0.2, 0) is 13.2 Å². The van der Waals surface area contributed by atoms with Crippen molar-refractivity contribution in [2.75, 3.05) is 5.32 Å². The van der Waals surface area contributed by atoms with Gasteiger partial charge in [-0.1, -0.05) is 53.0 Å². The average molecular weight is 372 g/mol. The Hall–Kier alpha value is -2.16. The van der Waals surface area contributed by atoms with Gasteiger partial charge in [0.25, 0.3) is 0 Å². The Bertz CT molecular complexity index is 847. The monoisotopic (exact) mass is 371 g/mol. The highest BCUT2D eigenvalue weighted by molar-refractivity contribution is 6.31. The maximum absolute atomic E-state index is 6.16. The summed E-state index contributed by atoms with van der Waals surface area (Å²) in [4.78, 5) is 0. The lowest BCUT2D eigenvalue weighted by molar-refractivity contribution is 0.303. The maximum atomic E-state index is 6.16. The van der Waals surface area contributed by atoms with Crippen molar-refractivity contribution >= 4 is 28.9 Å². The quantitative estimate of drug-likeness (QED) is 0.534. The molecular formula is C21H19Cl2NO. The van der Waals surface area contributed by atoms with E-state index in [1.165, 1.54) is 5.56 Å². The summed E-state index contributed by atoms with van der Waals surface area (Å²) in [6, 6.07) is 21.6. The third-order valence-corrected chi connectivity index (χ3v) is 4.31. The van der Waals surface area contributed by atoms with Crippen molar-refractivity contribution in [2.24, 2.45) is 0 Å². The second-order valence-corrected chi connectivity index (χ2v) is 6.76. The second kappa shape index (κ2) is 8.28. The van der Waals surface area contributed by atoms with Crippen molar-refractivity contribution in [3.8, 4) is 5.75 Å². The third kappa shape index (κ3) is 5.15. The van der Waals surface area contributed by atoms with Crippen molar-refractivity contribution in [1.29, 1.82) is 0 Å². The largest absolute Gasteiger partial charge is 0.489 e. The predicted octanol–water partition coefficient (Wildman–Crippen LogP) is 6.49. The van der Waals surface area contributed by atoms with Crippen LogP contribution >= 0.6 is 23.2 Å². The zero-order valence-corrected chi connectivity index (χ0v) is 15.4. The highest BCUT2D eigenvalue weighted by atomic mass is 35.5. The van der Waals surface area contributed by atoms with E-state index >= 15 is 0 Å². The van der Waals surface area contributed by atoms with Crippen LogP contribution in [0, 0.1) is 6.92 Å². The van der Waals surface area contributed by atoms with E-state index in [-0.39, 0.29) is 0 Å². The fraction of sp³-hybridized carbons (Fsp3) is 0.143. The van der Waals surface area contributed by atoms with Gasteiger partial charge in [0.1, 0.15) is 12.4 Å². The van der Waals surface area contributed by atoms with E-state index in [0.29, 0.717) is 18.2 Å². The van der Waals surface area contributed by atoms with Crippen LogP contribution in [0.25, 0.3) is 0 Å². The summed E-state index contributed by atoms with van der Waals surface area (Å²) in [6.07, 6.45) is 0. The summed E-state index contributed by atoms with van der Waals surface area (Å²) in [5.41, 5.74) is 4.37. The molecule has 1 N–H and O–H groups in total. The van der Waals surface area contributed by atoms with Crippen LogP contribution in [0.15, 0.2) is 66.7 Å². The van der Waals surface area contributed by atoms with Gasteiger partial charge in [-0.25, -0.2) is 0 Å². The van der Waals surface area contributed by atoms with Crippen molar-refractivity contribution in [2.45, 2.75) is 20.1 Å². The molecule has 128 valence electrons. The molecule has 0 aromatic heterocycles. The zero-order chi connectivity index (χ0) is 17.6. The van der Waals surface area contributed by atoms with Crippen molar-refractivity contribution in [3.63, 3.8) is 0 Å².